The van der Waals surface area contributed by atoms with Crippen LogP contribution in [-0.4, -0.2) is 29.4 Å². The predicted octanol–water partition coefficient (Wildman–Crippen LogP) is 2.95. The Morgan fingerprint density at radius 3 is 2.86 bits per heavy atom. The van der Waals surface area contributed by atoms with Gasteiger partial charge in [0, 0.05) is 30.0 Å². The van der Waals surface area contributed by atoms with Crippen LogP contribution in [0.5, 0.6) is 0 Å². The first-order valence-corrected chi connectivity index (χ1v) is 8.04. The first-order valence-electron chi connectivity index (χ1n) is 7.23. The standard InChI is InChI=1S/C16H19N3OS/c1-3-11-4-6-12(7-5-11)15(20)18-16-17-13-8-9-19(2)10-14(13)21-16/h4-7H,3,8-10H2,1-2H3,(H,17,18,20). The minimum Gasteiger partial charge on any atom is -0.301 e. The number of carbonyl (C=O) groups is 1. The lowest BCUT2D eigenvalue weighted by Crippen LogP contribution is -2.25. The average molecular weight is 301 g/mol. The minimum absolute atomic E-state index is 0.0860. The Morgan fingerprint density at radius 1 is 1.38 bits per heavy atom. The number of aryl methyl sites for hydroxylation is 1. The first-order chi connectivity index (χ1) is 10.2. The van der Waals surface area contributed by atoms with Crippen LogP contribution < -0.4 is 5.32 Å². The maximum atomic E-state index is 12.2. The number of hydrogen-bond donors (Lipinski definition) is 1. The van der Waals surface area contributed by atoms with E-state index in [9.17, 15) is 4.79 Å². The summed E-state index contributed by atoms with van der Waals surface area (Å²) < 4.78 is 0. The SMILES string of the molecule is CCc1ccc(C(=O)Nc2nc3c(s2)CN(C)CC3)cc1. The fourth-order valence-electron chi connectivity index (χ4n) is 2.44. The maximum absolute atomic E-state index is 12.2. The molecule has 0 bridgehead atoms. The Morgan fingerprint density at radius 2 is 2.14 bits per heavy atom. The van der Waals surface area contributed by atoms with E-state index in [4.69, 9.17) is 0 Å². The van der Waals surface area contributed by atoms with Crippen LogP contribution in [0.3, 0.4) is 0 Å². The van der Waals surface area contributed by atoms with Crippen molar-refractivity contribution in [3.63, 3.8) is 0 Å². The molecule has 1 N–H and O–H groups in total. The van der Waals surface area contributed by atoms with Crippen molar-refractivity contribution < 1.29 is 4.79 Å². The van der Waals surface area contributed by atoms with Gasteiger partial charge in [0.2, 0.25) is 0 Å². The Balaban J connectivity index is 1.72. The molecule has 1 aromatic carbocycles. The number of rotatable bonds is 3. The first kappa shape index (κ1) is 14.2. The van der Waals surface area contributed by atoms with Crippen LogP contribution in [0.4, 0.5) is 5.13 Å². The fraction of sp³-hybridized carbons (Fsp3) is 0.375. The van der Waals surface area contributed by atoms with Crippen molar-refractivity contribution in [1.29, 1.82) is 0 Å². The number of hydrogen-bond acceptors (Lipinski definition) is 4. The van der Waals surface area contributed by atoms with Crippen molar-refractivity contribution in [3.8, 4) is 0 Å². The molecule has 2 aromatic rings. The second-order valence-electron chi connectivity index (χ2n) is 5.38. The highest BCUT2D eigenvalue weighted by Crippen LogP contribution is 2.28. The lowest BCUT2D eigenvalue weighted by molar-refractivity contribution is 0.102. The van der Waals surface area contributed by atoms with Crippen LogP contribution >= 0.6 is 11.3 Å². The monoisotopic (exact) mass is 301 g/mol. The predicted molar refractivity (Wildman–Crippen MR) is 85.9 cm³/mol. The van der Waals surface area contributed by atoms with Crippen LogP contribution in [0.1, 0.15) is 33.4 Å². The number of amides is 1. The van der Waals surface area contributed by atoms with Crippen molar-refractivity contribution >= 4 is 22.4 Å². The Bertz CT molecular complexity index is 648. The number of carbonyl (C=O) groups excluding carboxylic acids is 1. The van der Waals surface area contributed by atoms with Gasteiger partial charge in [-0.1, -0.05) is 19.1 Å². The molecule has 0 unspecified atom stereocenters. The molecule has 0 saturated heterocycles. The maximum Gasteiger partial charge on any atom is 0.257 e. The van der Waals surface area contributed by atoms with E-state index < -0.39 is 0 Å². The van der Waals surface area contributed by atoms with E-state index >= 15 is 0 Å². The van der Waals surface area contributed by atoms with E-state index in [-0.39, 0.29) is 5.91 Å². The zero-order valence-electron chi connectivity index (χ0n) is 12.3. The molecular formula is C16H19N3OS. The lowest BCUT2D eigenvalue weighted by atomic mass is 10.1. The average Bonchev–Trinajstić information content (AvgIpc) is 2.88. The van der Waals surface area contributed by atoms with Crippen molar-refractivity contribution in [2.75, 3.05) is 18.9 Å². The van der Waals surface area contributed by atoms with Crippen LogP contribution in [0, 0.1) is 0 Å². The summed E-state index contributed by atoms with van der Waals surface area (Å²) in [7, 11) is 2.11. The molecule has 3 rings (SSSR count). The van der Waals surface area contributed by atoms with Crippen LogP contribution in [0.25, 0.3) is 0 Å². The summed E-state index contributed by atoms with van der Waals surface area (Å²) in [6.45, 7) is 4.06. The molecule has 0 spiro atoms. The number of anilines is 1. The van der Waals surface area contributed by atoms with Crippen LogP contribution in [0.15, 0.2) is 24.3 Å². The zero-order valence-corrected chi connectivity index (χ0v) is 13.2. The molecule has 0 atom stereocenters. The summed E-state index contributed by atoms with van der Waals surface area (Å²) in [6, 6.07) is 7.73. The summed E-state index contributed by atoms with van der Waals surface area (Å²) >= 11 is 1.59. The van der Waals surface area contributed by atoms with Gasteiger partial charge in [-0.25, -0.2) is 4.98 Å². The molecule has 0 aliphatic carbocycles. The summed E-state index contributed by atoms with van der Waals surface area (Å²) in [6.07, 6.45) is 1.94. The van der Waals surface area contributed by atoms with E-state index in [1.165, 1.54) is 10.4 Å². The van der Waals surface area contributed by atoms with Gasteiger partial charge < -0.3 is 4.90 Å². The van der Waals surface area contributed by atoms with Gasteiger partial charge in [-0.2, -0.15) is 0 Å². The highest BCUT2D eigenvalue weighted by molar-refractivity contribution is 7.15. The molecule has 110 valence electrons. The molecule has 0 fully saturated rings. The van der Waals surface area contributed by atoms with Crippen molar-refractivity contribution in [2.24, 2.45) is 0 Å². The normalized spacial score (nSPS) is 14.8. The third-order valence-corrected chi connectivity index (χ3v) is 4.76. The lowest BCUT2D eigenvalue weighted by Gasteiger charge is -2.20. The molecule has 1 amide bonds. The molecule has 21 heavy (non-hydrogen) atoms. The van der Waals surface area contributed by atoms with Gasteiger partial charge in [0.25, 0.3) is 5.91 Å². The van der Waals surface area contributed by atoms with Crippen LogP contribution in [0.2, 0.25) is 0 Å². The molecule has 4 nitrogen and oxygen atoms in total. The van der Waals surface area contributed by atoms with E-state index in [2.05, 4.69) is 29.2 Å². The quantitative estimate of drug-likeness (QED) is 0.948. The third-order valence-electron chi connectivity index (χ3n) is 3.77. The number of aromatic nitrogens is 1. The minimum atomic E-state index is -0.0860. The summed E-state index contributed by atoms with van der Waals surface area (Å²) in [5.74, 6) is -0.0860. The molecule has 1 aromatic heterocycles. The number of nitrogens with zero attached hydrogens (tertiary/aromatic N) is 2. The van der Waals surface area contributed by atoms with Gasteiger partial charge >= 0.3 is 0 Å². The summed E-state index contributed by atoms with van der Waals surface area (Å²) in [5.41, 5.74) is 3.05. The van der Waals surface area contributed by atoms with Gasteiger partial charge in [-0.15, -0.1) is 11.3 Å². The highest BCUT2D eigenvalue weighted by Gasteiger charge is 2.19. The molecule has 2 heterocycles. The van der Waals surface area contributed by atoms with E-state index in [1.54, 1.807) is 11.3 Å². The number of thiazole rings is 1. The number of fused-ring (bicyclic) bond motifs is 1. The van der Waals surface area contributed by atoms with Gasteiger partial charge in [0.1, 0.15) is 0 Å². The van der Waals surface area contributed by atoms with Gasteiger partial charge in [0.15, 0.2) is 5.13 Å². The third kappa shape index (κ3) is 3.14. The van der Waals surface area contributed by atoms with E-state index in [0.717, 1.165) is 31.6 Å². The molecule has 1 aliphatic heterocycles. The fourth-order valence-corrected chi connectivity index (χ4v) is 3.52. The van der Waals surface area contributed by atoms with Gasteiger partial charge in [-0.05, 0) is 31.2 Å². The Kier molecular flexibility index (Phi) is 4.03. The molecular weight excluding hydrogens is 282 g/mol. The topological polar surface area (TPSA) is 45.2 Å². The molecule has 1 aliphatic rings. The Hall–Kier alpha value is -1.72. The largest absolute Gasteiger partial charge is 0.301 e. The van der Waals surface area contributed by atoms with E-state index in [0.29, 0.717) is 10.7 Å². The molecule has 5 heteroatoms. The van der Waals surface area contributed by atoms with Gasteiger partial charge in [0.05, 0.1) is 5.69 Å². The van der Waals surface area contributed by atoms with Crippen molar-refractivity contribution in [1.82, 2.24) is 9.88 Å². The van der Waals surface area contributed by atoms with Crippen molar-refractivity contribution in [2.45, 2.75) is 26.3 Å². The second kappa shape index (κ2) is 5.95. The van der Waals surface area contributed by atoms with Crippen LogP contribution in [-0.2, 0) is 19.4 Å². The Labute approximate surface area is 128 Å². The zero-order chi connectivity index (χ0) is 14.8. The highest BCUT2D eigenvalue weighted by atomic mass is 32.1. The smallest absolute Gasteiger partial charge is 0.257 e. The van der Waals surface area contributed by atoms with Gasteiger partial charge in [-0.3, -0.25) is 10.1 Å². The van der Waals surface area contributed by atoms with Crippen molar-refractivity contribution in [3.05, 3.63) is 46.0 Å². The number of benzene rings is 1. The number of nitrogens with one attached hydrogen (secondary N) is 1. The molecule has 0 saturated carbocycles. The second-order valence-corrected chi connectivity index (χ2v) is 6.46. The van der Waals surface area contributed by atoms with E-state index in [1.807, 2.05) is 24.3 Å². The number of likely N-dealkylation sites (N-methyl/N-ethyl adjacent to an activating group) is 1. The molecule has 0 radical (unpaired) electrons. The summed E-state index contributed by atoms with van der Waals surface area (Å²) in [4.78, 5) is 20.3. The summed E-state index contributed by atoms with van der Waals surface area (Å²) in [5, 5.41) is 3.63.